The Kier molecular flexibility index (Phi) is 5.62. The molecular weight excluding hydrogens is 212 g/mol. The van der Waals surface area contributed by atoms with Gasteiger partial charge in [0.25, 0.3) is 0 Å². The molecule has 0 aromatic heterocycles. The third-order valence-electron chi connectivity index (χ3n) is 2.28. The number of carbonyl (C=O) groups excluding carboxylic acids is 1. The zero-order valence-corrected chi connectivity index (χ0v) is 11.0. The van der Waals surface area contributed by atoms with Gasteiger partial charge in [-0.05, 0) is 11.8 Å². The minimum atomic E-state index is -0.388. The molecule has 0 bridgehead atoms. The van der Waals surface area contributed by atoms with Crippen molar-refractivity contribution in [3.8, 4) is 0 Å². The molecule has 0 aromatic rings. The highest BCUT2D eigenvalue weighted by Crippen LogP contribution is 2.34. The summed E-state index contributed by atoms with van der Waals surface area (Å²) in [7, 11) is 1.66. The molecule has 0 fully saturated rings. The monoisotopic (exact) mass is 234 g/mol. The third kappa shape index (κ3) is 5.39. The molecule has 0 saturated carbocycles. The normalized spacial score (nSPS) is 12.7. The molecule has 0 heterocycles. The van der Waals surface area contributed by atoms with Gasteiger partial charge in [-0.3, -0.25) is 9.93 Å². The molecule has 1 amide bonds. The maximum Gasteiger partial charge on any atom is 0.225 e. The SMILES string of the molecule is CNC(=O)C(C)(C)CC(C)(C)COSN. The fourth-order valence-corrected chi connectivity index (χ4v) is 2.25. The summed E-state index contributed by atoms with van der Waals surface area (Å²) in [5.41, 5.74) is -0.455. The number of hydrogen-bond donors (Lipinski definition) is 2. The van der Waals surface area contributed by atoms with Crippen LogP contribution in [0.5, 0.6) is 0 Å². The maximum atomic E-state index is 11.6. The first kappa shape index (κ1) is 14.7. The summed E-state index contributed by atoms with van der Waals surface area (Å²) in [6.07, 6.45) is 0.750. The number of nitrogens with two attached hydrogens (primary N) is 1. The van der Waals surface area contributed by atoms with Crippen molar-refractivity contribution in [3.05, 3.63) is 0 Å². The molecule has 0 radical (unpaired) electrons. The van der Waals surface area contributed by atoms with Crippen LogP contribution in [-0.4, -0.2) is 19.6 Å². The van der Waals surface area contributed by atoms with Crippen molar-refractivity contribution in [2.24, 2.45) is 16.0 Å². The van der Waals surface area contributed by atoms with Gasteiger partial charge < -0.3 is 9.50 Å². The molecule has 0 aliphatic rings. The molecule has 0 spiro atoms. The number of rotatable bonds is 6. The van der Waals surface area contributed by atoms with Crippen LogP contribution in [0.3, 0.4) is 0 Å². The zero-order chi connectivity index (χ0) is 12.1. The van der Waals surface area contributed by atoms with Gasteiger partial charge in [-0.15, -0.1) is 0 Å². The van der Waals surface area contributed by atoms with Gasteiger partial charge in [0.15, 0.2) is 0 Å². The summed E-state index contributed by atoms with van der Waals surface area (Å²) in [6.45, 7) is 8.53. The van der Waals surface area contributed by atoms with E-state index in [0.717, 1.165) is 18.6 Å². The van der Waals surface area contributed by atoms with E-state index in [2.05, 4.69) is 19.2 Å². The van der Waals surface area contributed by atoms with Crippen LogP contribution < -0.4 is 10.5 Å². The van der Waals surface area contributed by atoms with Crippen LogP contribution in [-0.2, 0) is 8.98 Å². The van der Waals surface area contributed by atoms with E-state index in [1.54, 1.807) is 7.05 Å². The van der Waals surface area contributed by atoms with Crippen LogP contribution in [0.2, 0.25) is 0 Å². The average Bonchev–Trinajstić information content (AvgIpc) is 2.11. The summed E-state index contributed by atoms with van der Waals surface area (Å²) in [4.78, 5) is 11.6. The van der Waals surface area contributed by atoms with Crippen LogP contribution in [0.25, 0.3) is 0 Å². The molecule has 0 rings (SSSR count). The van der Waals surface area contributed by atoms with Crippen molar-refractivity contribution in [2.75, 3.05) is 13.7 Å². The Bertz CT molecular complexity index is 217. The number of amides is 1. The molecule has 0 aromatic carbocycles. The molecule has 0 aliphatic carbocycles. The molecule has 0 aliphatic heterocycles. The van der Waals surface area contributed by atoms with Gasteiger partial charge in [-0.25, -0.2) is 0 Å². The first-order valence-electron chi connectivity index (χ1n) is 4.96. The number of nitrogens with one attached hydrogen (secondary N) is 1. The zero-order valence-electron chi connectivity index (χ0n) is 10.2. The molecule has 0 saturated heterocycles. The molecule has 0 atom stereocenters. The fourth-order valence-electron chi connectivity index (χ4n) is 1.86. The molecule has 15 heavy (non-hydrogen) atoms. The Morgan fingerprint density at radius 3 is 2.33 bits per heavy atom. The largest absolute Gasteiger partial charge is 0.359 e. The highest BCUT2D eigenvalue weighted by atomic mass is 32.2. The highest BCUT2D eigenvalue weighted by Gasteiger charge is 2.34. The van der Waals surface area contributed by atoms with Crippen LogP contribution in [0.4, 0.5) is 0 Å². The fraction of sp³-hybridized carbons (Fsp3) is 0.900. The lowest BCUT2D eigenvalue weighted by Crippen LogP contribution is -2.39. The second-order valence-electron chi connectivity index (χ2n) is 5.16. The van der Waals surface area contributed by atoms with Crippen molar-refractivity contribution in [3.63, 3.8) is 0 Å². The van der Waals surface area contributed by atoms with Gasteiger partial charge in [-0.1, -0.05) is 27.7 Å². The Labute approximate surface area is 96.7 Å². The summed E-state index contributed by atoms with van der Waals surface area (Å²) in [5.74, 6) is 0.0518. The minimum absolute atomic E-state index is 0.0518. The predicted molar refractivity (Wildman–Crippen MR) is 64.0 cm³/mol. The Balaban J connectivity index is 4.35. The molecular formula is C10H22N2O2S. The van der Waals surface area contributed by atoms with Gasteiger partial charge in [0.1, 0.15) is 0 Å². The molecule has 90 valence electrons. The number of hydrogen-bond acceptors (Lipinski definition) is 4. The van der Waals surface area contributed by atoms with E-state index in [4.69, 9.17) is 9.32 Å². The van der Waals surface area contributed by atoms with Crippen molar-refractivity contribution >= 4 is 18.1 Å². The lowest BCUT2D eigenvalue weighted by Gasteiger charge is -2.32. The van der Waals surface area contributed by atoms with E-state index in [9.17, 15) is 4.79 Å². The van der Waals surface area contributed by atoms with Gasteiger partial charge in [0, 0.05) is 12.5 Å². The standard InChI is InChI=1S/C10H22N2O2S/c1-9(2,7-14-15-11)6-10(3,4)8(13)12-5/h6-7,11H2,1-5H3,(H,12,13). The van der Waals surface area contributed by atoms with E-state index in [-0.39, 0.29) is 16.7 Å². The molecule has 5 heteroatoms. The smallest absolute Gasteiger partial charge is 0.225 e. The molecule has 4 nitrogen and oxygen atoms in total. The van der Waals surface area contributed by atoms with E-state index in [0.29, 0.717) is 6.61 Å². The van der Waals surface area contributed by atoms with Crippen LogP contribution in [0, 0.1) is 10.8 Å². The van der Waals surface area contributed by atoms with Crippen molar-refractivity contribution in [1.29, 1.82) is 0 Å². The summed E-state index contributed by atoms with van der Waals surface area (Å²) in [6, 6.07) is 0. The minimum Gasteiger partial charge on any atom is -0.359 e. The first-order valence-corrected chi connectivity index (χ1v) is 5.76. The Morgan fingerprint density at radius 1 is 1.40 bits per heavy atom. The maximum absolute atomic E-state index is 11.6. The van der Waals surface area contributed by atoms with E-state index in [1.807, 2.05) is 13.8 Å². The third-order valence-corrected chi connectivity index (χ3v) is 2.53. The summed E-state index contributed by atoms with van der Waals surface area (Å²) in [5, 5.41) is 7.87. The second kappa shape index (κ2) is 5.72. The van der Waals surface area contributed by atoms with Crippen molar-refractivity contribution in [1.82, 2.24) is 5.32 Å². The van der Waals surface area contributed by atoms with Gasteiger partial charge in [0.05, 0.1) is 18.8 Å². The molecule has 0 unspecified atom stereocenters. The summed E-state index contributed by atoms with van der Waals surface area (Å²) >= 11 is 0.868. The van der Waals surface area contributed by atoms with E-state index >= 15 is 0 Å². The number of carbonyl (C=O) groups is 1. The van der Waals surface area contributed by atoms with Gasteiger partial charge in [-0.2, -0.15) is 0 Å². The quantitative estimate of drug-likeness (QED) is 0.542. The Hall–Kier alpha value is -0.260. The second-order valence-corrected chi connectivity index (χ2v) is 5.59. The van der Waals surface area contributed by atoms with Gasteiger partial charge >= 0.3 is 0 Å². The van der Waals surface area contributed by atoms with Crippen LogP contribution >= 0.6 is 12.2 Å². The van der Waals surface area contributed by atoms with Crippen LogP contribution in [0.15, 0.2) is 0 Å². The highest BCUT2D eigenvalue weighted by molar-refractivity contribution is 7.92. The van der Waals surface area contributed by atoms with Gasteiger partial charge in [0.2, 0.25) is 5.91 Å². The lowest BCUT2D eigenvalue weighted by atomic mass is 9.75. The molecule has 3 N–H and O–H groups in total. The summed E-state index contributed by atoms with van der Waals surface area (Å²) < 4.78 is 5.12. The average molecular weight is 234 g/mol. The lowest BCUT2D eigenvalue weighted by molar-refractivity contribution is -0.130. The van der Waals surface area contributed by atoms with Crippen molar-refractivity contribution in [2.45, 2.75) is 34.1 Å². The van der Waals surface area contributed by atoms with E-state index < -0.39 is 0 Å². The van der Waals surface area contributed by atoms with Crippen LogP contribution in [0.1, 0.15) is 34.1 Å². The first-order chi connectivity index (χ1) is 6.75. The van der Waals surface area contributed by atoms with E-state index in [1.165, 1.54) is 0 Å². The predicted octanol–water partition coefficient (Wildman–Crippen LogP) is 1.71. The topological polar surface area (TPSA) is 64.3 Å². The van der Waals surface area contributed by atoms with Crippen molar-refractivity contribution < 1.29 is 8.98 Å². The Morgan fingerprint density at radius 2 is 1.93 bits per heavy atom.